The third-order valence-corrected chi connectivity index (χ3v) is 1.85. The summed E-state index contributed by atoms with van der Waals surface area (Å²) in [5.74, 6) is -1.75. The lowest BCUT2D eigenvalue weighted by molar-refractivity contribution is -0.115. The van der Waals surface area contributed by atoms with Crippen LogP contribution < -0.4 is 5.32 Å². The summed E-state index contributed by atoms with van der Waals surface area (Å²) in [5, 5.41) is 20.5. The molecule has 16 heavy (non-hydrogen) atoms. The molecule has 0 aliphatic heterocycles. The van der Waals surface area contributed by atoms with Gasteiger partial charge >= 0.3 is 5.97 Å². The molecular formula is C11H11NO4. The van der Waals surface area contributed by atoms with E-state index in [2.05, 4.69) is 11.9 Å². The Bertz CT molecular complexity index is 440. The molecule has 0 atom stereocenters. The second kappa shape index (κ2) is 4.97. The van der Waals surface area contributed by atoms with Gasteiger partial charge in [-0.25, -0.2) is 4.79 Å². The van der Waals surface area contributed by atoms with Crippen molar-refractivity contribution in [1.29, 1.82) is 0 Å². The molecule has 0 radical (unpaired) electrons. The van der Waals surface area contributed by atoms with Gasteiger partial charge in [0.2, 0.25) is 5.91 Å². The Kier molecular flexibility index (Phi) is 3.66. The number of phenols is 1. The first kappa shape index (κ1) is 11.8. The lowest BCUT2D eigenvalue weighted by atomic mass is 10.2. The molecule has 0 aliphatic carbocycles. The zero-order valence-corrected chi connectivity index (χ0v) is 8.43. The summed E-state index contributed by atoms with van der Waals surface area (Å²) >= 11 is 0. The van der Waals surface area contributed by atoms with Gasteiger partial charge in [0.15, 0.2) is 0 Å². The molecule has 0 spiro atoms. The second-order valence-corrected chi connectivity index (χ2v) is 3.08. The van der Waals surface area contributed by atoms with E-state index in [4.69, 9.17) is 5.11 Å². The highest BCUT2D eigenvalue weighted by Crippen LogP contribution is 2.24. The standard InChI is InChI=1S/C11H11NO4/c1-2-3-10(14)12-8-5-4-7(11(15)16)6-9(8)13/h2,4-6,13H,1,3H2,(H,12,14)(H,15,16). The number of anilines is 1. The third-order valence-electron chi connectivity index (χ3n) is 1.85. The maximum atomic E-state index is 11.2. The van der Waals surface area contributed by atoms with Crippen LogP contribution in [-0.2, 0) is 4.79 Å². The van der Waals surface area contributed by atoms with Crippen molar-refractivity contribution in [3.63, 3.8) is 0 Å². The number of hydrogen-bond acceptors (Lipinski definition) is 3. The number of phenolic OH excluding ortho intramolecular Hbond substituents is 1. The predicted molar refractivity (Wildman–Crippen MR) is 58.5 cm³/mol. The summed E-state index contributed by atoms with van der Waals surface area (Å²) in [7, 11) is 0. The lowest BCUT2D eigenvalue weighted by Gasteiger charge is -2.06. The SMILES string of the molecule is C=CCC(=O)Nc1ccc(C(=O)O)cc1O. The maximum absolute atomic E-state index is 11.2. The molecule has 1 rings (SSSR count). The van der Waals surface area contributed by atoms with Crippen LogP contribution in [0.25, 0.3) is 0 Å². The van der Waals surface area contributed by atoms with E-state index in [0.717, 1.165) is 6.07 Å². The number of amides is 1. The van der Waals surface area contributed by atoms with Crippen LogP contribution in [0.5, 0.6) is 5.75 Å². The Morgan fingerprint density at radius 3 is 2.62 bits per heavy atom. The van der Waals surface area contributed by atoms with Crippen molar-refractivity contribution in [3.8, 4) is 5.75 Å². The van der Waals surface area contributed by atoms with Crippen molar-refractivity contribution >= 4 is 17.6 Å². The van der Waals surface area contributed by atoms with Gasteiger partial charge in [0.25, 0.3) is 0 Å². The molecule has 0 unspecified atom stereocenters. The summed E-state index contributed by atoms with van der Waals surface area (Å²) in [6.45, 7) is 3.40. The van der Waals surface area contributed by atoms with Gasteiger partial charge in [-0.3, -0.25) is 4.79 Å². The average molecular weight is 221 g/mol. The van der Waals surface area contributed by atoms with E-state index in [1.54, 1.807) is 0 Å². The van der Waals surface area contributed by atoms with Gasteiger partial charge in [0, 0.05) is 6.42 Å². The fourth-order valence-corrected chi connectivity index (χ4v) is 1.10. The van der Waals surface area contributed by atoms with Crippen molar-refractivity contribution < 1.29 is 19.8 Å². The maximum Gasteiger partial charge on any atom is 0.335 e. The number of aromatic hydroxyl groups is 1. The molecule has 1 aromatic carbocycles. The third kappa shape index (κ3) is 2.84. The van der Waals surface area contributed by atoms with E-state index in [1.165, 1.54) is 18.2 Å². The second-order valence-electron chi connectivity index (χ2n) is 3.08. The molecule has 0 aliphatic rings. The van der Waals surface area contributed by atoms with Crippen LogP contribution in [0.15, 0.2) is 30.9 Å². The van der Waals surface area contributed by atoms with Gasteiger partial charge in [0.1, 0.15) is 5.75 Å². The van der Waals surface area contributed by atoms with Crippen molar-refractivity contribution in [2.45, 2.75) is 6.42 Å². The van der Waals surface area contributed by atoms with Gasteiger partial charge in [0.05, 0.1) is 11.3 Å². The van der Waals surface area contributed by atoms with Crippen LogP contribution in [0.4, 0.5) is 5.69 Å². The Morgan fingerprint density at radius 1 is 1.44 bits per heavy atom. The van der Waals surface area contributed by atoms with Gasteiger partial charge in [-0.15, -0.1) is 6.58 Å². The van der Waals surface area contributed by atoms with Crippen LogP contribution in [-0.4, -0.2) is 22.1 Å². The Hall–Kier alpha value is -2.30. The van der Waals surface area contributed by atoms with E-state index >= 15 is 0 Å². The first-order valence-electron chi connectivity index (χ1n) is 4.51. The van der Waals surface area contributed by atoms with Crippen LogP contribution in [0.2, 0.25) is 0 Å². The number of aromatic carboxylic acids is 1. The van der Waals surface area contributed by atoms with Crippen molar-refractivity contribution in [2.24, 2.45) is 0 Å². The molecule has 3 N–H and O–H groups in total. The average Bonchev–Trinajstić information content (AvgIpc) is 2.21. The van der Waals surface area contributed by atoms with Crippen molar-refractivity contribution in [3.05, 3.63) is 36.4 Å². The number of benzene rings is 1. The summed E-state index contributed by atoms with van der Waals surface area (Å²) < 4.78 is 0. The Morgan fingerprint density at radius 2 is 2.12 bits per heavy atom. The van der Waals surface area contributed by atoms with E-state index in [9.17, 15) is 14.7 Å². The number of carbonyl (C=O) groups excluding carboxylic acids is 1. The predicted octanol–water partition coefficient (Wildman–Crippen LogP) is 1.60. The van der Waals surface area contributed by atoms with Crippen molar-refractivity contribution in [2.75, 3.05) is 5.32 Å². The monoisotopic (exact) mass is 221 g/mol. The topological polar surface area (TPSA) is 86.6 Å². The Balaban J connectivity index is 2.87. The minimum absolute atomic E-state index is 0.0424. The molecule has 5 nitrogen and oxygen atoms in total. The molecule has 1 aromatic rings. The number of rotatable bonds is 4. The first-order valence-corrected chi connectivity index (χ1v) is 4.51. The fourth-order valence-electron chi connectivity index (χ4n) is 1.10. The zero-order valence-electron chi connectivity index (χ0n) is 8.43. The van der Waals surface area contributed by atoms with Gasteiger partial charge in [-0.05, 0) is 18.2 Å². The molecule has 1 amide bonds. The molecule has 0 saturated carbocycles. The summed E-state index contributed by atoms with van der Waals surface area (Å²) in [6, 6.07) is 3.71. The number of carboxylic acid groups (broad SMARTS) is 1. The van der Waals surface area contributed by atoms with E-state index < -0.39 is 5.97 Å². The first-order chi connectivity index (χ1) is 7.54. The smallest absolute Gasteiger partial charge is 0.335 e. The highest BCUT2D eigenvalue weighted by atomic mass is 16.4. The van der Waals surface area contributed by atoms with Gasteiger partial charge in [-0.2, -0.15) is 0 Å². The molecule has 5 heteroatoms. The van der Waals surface area contributed by atoms with Crippen LogP contribution in [0.3, 0.4) is 0 Å². The quantitative estimate of drug-likeness (QED) is 0.532. The lowest BCUT2D eigenvalue weighted by Crippen LogP contribution is -2.10. The largest absolute Gasteiger partial charge is 0.506 e. The van der Waals surface area contributed by atoms with Crippen LogP contribution in [0, 0.1) is 0 Å². The zero-order chi connectivity index (χ0) is 12.1. The number of carboxylic acids is 1. The van der Waals surface area contributed by atoms with Gasteiger partial charge < -0.3 is 15.5 Å². The number of carbonyl (C=O) groups is 2. The summed E-state index contributed by atoms with van der Waals surface area (Å²) in [5.41, 5.74) is 0.135. The van der Waals surface area contributed by atoms with E-state index in [-0.39, 0.29) is 29.3 Å². The minimum Gasteiger partial charge on any atom is -0.506 e. The molecule has 0 heterocycles. The number of nitrogens with one attached hydrogen (secondary N) is 1. The summed E-state index contributed by atoms with van der Waals surface area (Å²) in [6.07, 6.45) is 1.55. The highest BCUT2D eigenvalue weighted by Gasteiger charge is 2.09. The molecular weight excluding hydrogens is 210 g/mol. The molecule has 0 aromatic heterocycles. The highest BCUT2D eigenvalue weighted by molar-refractivity contribution is 5.94. The van der Waals surface area contributed by atoms with Crippen LogP contribution in [0.1, 0.15) is 16.8 Å². The molecule has 84 valence electrons. The van der Waals surface area contributed by atoms with E-state index in [1.807, 2.05) is 0 Å². The van der Waals surface area contributed by atoms with Crippen LogP contribution >= 0.6 is 0 Å². The fraction of sp³-hybridized carbons (Fsp3) is 0.0909. The summed E-state index contributed by atoms with van der Waals surface area (Å²) in [4.78, 5) is 21.8. The van der Waals surface area contributed by atoms with Crippen molar-refractivity contribution in [1.82, 2.24) is 0 Å². The van der Waals surface area contributed by atoms with Gasteiger partial charge in [-0.1, -0.05) is 6.08 Å². The molecule has 0 bridgehead atoms. The molecule has 0 fully saturated rings. The normalized spacial score (nSPS) is 9.50. The molecule has 0 saturated heterocycles. The number of hydrogen-bond donors (Lipinski definition) is 3. The van der Waals surface area contributed by atoms with E-state index in [0.29, 0.717) is 0 Å². The Labute approximate surface area is 92.0 Å². The minimum atomic E-state index is -1.14.